The first kappa shape index (κ1) is 22.8. The fourth-order valence-corrected chi connectivity index (χ4v) is 4.77. The fraction of sp³-hybridized carbons (Fsp3) is 0.600. The van der Waals surface area contributed by atoms with Crippen molar-refractivity contribution in [3.05, 3.63) is 40.6 Å². The first-order valence-electron chi connectivity index (χ1n) is 11.9. The van der Waals surface area contributed by atoms with Crippen molar-refractivity contribution >= 4 is 0 Å². The number of rotatable bonds is 9. The molecule has 2 aliphatic rings. The van der Waals surface area contributed by atoms with Crippen molar-refractivity contribution in [1.29, 1.82) is 0 Å². The second-order valence-corrected chi connectivity index (χ2v) is 8.56. The minimum atomic E-state index is -1.01. The Morgan fingerprint density at radius 1 is 0.969 bits per heavy atom. The molecule has 174 valence electrons. The Balaban J connectivity index is 1.47. The molecule has 0 bridgehead atoms. The van der Waals surface area contributed by atoms with Crippen molar-refractivity contribution in [2.45, 2.75) is 65.0 Å². The Hall–Kier alpha value is -2.38. The molecule has 1 fully saturated rings. The zero-order chi connectivity index (χ0) is 22.6. The van der Waals surface area contributed by atoms with Crippen LogP contribution in [0.3, 0.4) is 0 Å². The van der Waals surface area contributed by atoms with E-state index >= 15 is 0 Å². The second-order valence-electron chi connectivity index (χ2n) is 8.56. The summed E-state index contributed by atoms with van der Waals surface area (Å²) in [6, 6.07) is 4.86. The van der Waals surface area contributed by atoms with Gasteiger partial charge in [0.15, 0.2) is 0 Å². The van der Waals surface area contributed by atoms with Gasteiger partial charge in [-0.15, -0.1) is 0 Å². The molecular formula is C25H35N3O4. The molecule has 0 amide bonds. The van der Waals surface area contributed by atoms with Gasteiger partial charge in [-0.1, -0.05) is 6.07 Å². The highest BCUT2D eigenvalue weighted by Gasteiger charge is 2.38. The summed E-state index contributed by atoms with van der Waals surface area (Å²) in [6.45, 7) is 9.83. The third-order valence-corrected chi connectivity index (χ3v) is 6.44. The minimum absolute atomic E-state index is 0.279. The summed E-state index contributed by atoms with van der Waals surface area (Å²) in [6.07, 6.45) is 6.39. The van der Waals surface area contributed by atoms with Gasteiger partial charge in [0.05, 0.1) is 31.0 Å². The smallest absolute Gasteiger partial charge is 0.319 e. The van der Waals surface area contributed by atoms with Crippen LogP contribution < -0.4 is 14.2 Å². The highest BCUT2D eigenvalue weighted by molar-refractivity contribution is 5.45. The summed E-state index contributed by atoms with van der Waals surface area (Å²) < 4.78 is 17.1. The molecule has 7 heteroatoms. The van der Waals surface area contributed by atoms with E-state index in [1.807, 2.05) is 20.8 Å². The van der Waals surface area contributed by atoms with Crippen molar-refractivity contribution in [1.82, 2.24) is 14.9 Å². The van der Waals surface area contributed by atoms with Crippen LogP contribution in [-0.2, 0) is 25.0 Å². The zero-order valence-electron chi connectivity index (χ0n) is 19.5. The molecule has 7 nitrogen and oxygen atoms in total. The van der Waals surface area contributed by atoms with E-state index in [9.17, 15) is 5.11 Å². The standard InChI is InChI=1S/C25H35N3O4/c1-4-30-22-15-19-9-7-8-18(19)14-20(22)17-28-12-10-25(29,11-13-28)21-16-26-24(32-6-3)27-23(21)31-5-2/h14-16,29H,4-13,17H2,1-3H3. The summed E-state index contributed by atoms with van der Waals surface area (Å²) in [4.78, 5) is 11.1. The van der Waals surface area contributed by atoms with Crippen LogP contribution >= 0.6 is 0 Å². The SMILES string of the molecule is CCOc1ncc(C2(O)CCN(Cc3cc4c(cc3OCC)CCC4)CC2)c(OCC)n1. The van der Waals surface area contributed by atoms with E-state index in [0.29, 0.717) is 44.1 Å². The van der Waals surface area contributed by atoms with Gasteiger partial charge in [0.2, 0.25) is 5.88 Å². The van der Waals surface area contributed by atoms with Gasteiger partial charge in [-0.25, -0.2) is 4.98 Å². The summed E-state index contributed by atoms with van der Waals surface area (Å²) >= 11 is 0. The van der Waals surface area contributed by atoms with E-state index < -0.39 is 5.60 Å². The second kappa shape index (κ2) is 10.0. The molecule has 2 aromatic rings. The van der Waals surface area contributed by atoms with E-state index in [1.165, 1.54) is 23.1 Å². The van der Waals surface area contributed by atoms with E-state index in [-0.39, 0.29) is 6.01 Å². The summed E-state index contributed by atoms with van der Waals surface area (Å²) in [5, 5.41) is 11.5. The maximum Gasteiger partial charge on any atom is 0.319 e. The Kier molecular flexibility index (Phi) is 7.16. The molecule has 0 unspecified atom stereocenters. The highest BCUT2D eigenvalue weighted by Crippen LogP contribution is 2.39. The van der Waals surface area contributed by atoms with Gasteiger partial charge >= 0.3 is 6.01 Å². The van der Waals surface area contributed by atoms with Gasteiger partial charge in [0.25, 0.3) is 0 Å². The molecule has 1 aromatic carbocycles. The topological polar surface area (TPSA) is 76.9 Å². The number of benzene rings is 1. The molecule has 1 aromatic heterocycles. The number of aromatic nitrogens is 2. The Labute approximate surface area is 190 Å². The van der Waals surface area contributed by atoms with Gasteiger partial charge in [-0.2, -0.15) is 4.98 Å². The molecular weight excluding hydrogens is 406 g/mol. The van der Waals surface area contributed by atoms with Crippen molar-refractivity contribution in [3.63, 3.8) is 0 Å². The lowest BCUT2D eigenvalue weighted by Crippen LogP contribution is -2.42. The summed E-state index contributed by atoms with van der Waals surface area (Å²) in [5.41, 5.74) is 3.79. The van der Waals surface area contributed by atoms with E-state index in [0.717, 1.165) is 38.2 Å². The Morgan fingerprint density at radius 3 is 2.34 bits per heavy atom. The van der Waals surface area contributed by atoms with Crippen LogP contribution in [-0.4, -0.2) is 52.9 Å². The van der Waals surface area contributed by atoms with E-state index in [2.05, 4.69) is 27.0 Å². The molecule has 1 aliphatic heterocycles. The predicted octanol–water partition coefficient (Wildman–Crippen LogP) is 3.65. The van der Waals surface area contributed by atoms with Crippen LogP contribution in [0.1, 0.15) is 62.3 Å². The molecule has 1 saturated heterocycles. The lowest BCUT2D eigenvalue weighted by Gasteiger charge is -2.38. The van der Waals surface area contributed by atoms with Gasteiger partial charge in [-0.05, 0) is 70.1 Å². The lowest BCUT2D eigenvalue weighted by atomic mass is 9.85. The Bertz CT molecular complexity index is 926. The van der Waals surface area contributed by atoms with Gasteiger partial charge in [0.1, 0.15) is 5.75 Å². The lowest BCUT2D eigenvalue weighted by molar-refractivity contribution is -0.0304. The van der Waals surface area contributed by atoms with Gasteiger partial charge in [-0.3, -0.25) is 4.90 Å². The summed E-state index contributed by atoms with van der Waals surface area (Å²) in [7, 11) is 0. The average Bonchev–Trinajstić information content (AvgIpc) is 3.24. The third-order valence-electron chi connectivity index (χ3n) is 6.44. The maximum absolute atomic E-state index is 11.5. The molecule has 1 N–H and O–H groups in total. The van der Waals surface area contributed by atoms with E-state index in [1.54, 1.807) is 6.20 Å². The fourth-order valence-electron chi connectivity index (χ4n) is 4.77. The molecule has 0 saturated carbocycles. The number of fused-ring (bicyclic) bond motifs is 1. The Morgan fingerprint density at radius 2 is 1.66 bits per heavy atom. The predicted molar refractivity (Wildman–Crippen MR) is 122 cm³/mol. The molecule has 0 radical (unpaired) electrons. The first-order chi connectivity index (χ1) is 15.6. The number of likely N-dealkylation sites (tertiary alicyclic amines) is 1. The van der Waals surface area contributed by atoms with Crippen LogP contribution in [0.15, 0.2) is 18.3 Å². The highest BCUT2D eigenvalue weighted by atomic mass is 16.5. The molecule has 2 heterocycles. The maximum atomic E-state index is 11.5. The first-order valence-corrected chi connectivity index (χ1v) is 11.9. The number of piperidine rings is 1. The third kappa shape index (κ3) is 4.84. The van der Waals surface area contributed by atoms with Crippen LogP contribution in [0.5, 0.6) is 17.6 Å². The largest absolute Gasteiger partial charge is 0.494 e. The minimum Gasteiger partial charge on any atom is -0.494 e. The normalized spacial score (nSPS) is 17.8. The number of aryl methyl sites for hydroxylation is 2. The van der Waals surface area contributed by atoms with Crippen LogP contribution in [0.2, 0.25) is 0 Å². The molecule has 4 rings (SSSR count). The van der Waals surface area contributed by atoms with Gasteiger partial charge in [0, 0.05) is 31.4 Å². The van der Waals surface area contributed by atoms with Crippen LogP contribution in [0, 0.1) is 0 Å². The van der Waals surface area contributed by atoms with Crippen molar-refractivity contribution < 1.29 is 19.3 Å². The monoisotopic (exact) mass is 441 g/mol. The number of aliphatic hydroxyl groups is 1. The number of nitrogens with zero attached hydrogens (tertiary/aromatic N) is 3. The molecule has 0 atom stereocenters. The van der Waals surface area contributed by atoms with Crippen molar-refractivity contribution in [2.75, 3.05) is 32.9 Å². The van der Waals surface area contributed by atoms with Crippen LogP contribution in [0.25, 0.3) is 0 Å². The van der Waals surface area contributed by atoms with E-state index in [4.69, 9.17) is 14.2 Å². The molecule has 0 spiro atoms. The summed E-state index contributed by atoms with van der Waals surface area (Å²) in [5.74, 6) is 1.42. The zero-order valence-corrected chi connectivity index (χ0v) is 19.5. The number of hydrogen-bond acceptors (Lipinski definition) is 7. The average molecular weight is 442 g/mol. The molecule has 1 aliphatic carbocycles. The quantitative estimate of drug-likeness (QED) is 0.636. The van der Waals surface area contributed by atoms with Crippen LogP contribution in [0.4, 0.5) is 0 Å². The van der Waals surface area contributed by atoms with Gasteiger partial charge < -0.3 is 19.3 Å². The van der Waals surface area contributed by atoms with Crippen molar-refractivity contribution in [2.24, 2.45) is 0 Å². The number of ether oxygens (including phenoxy) is 3. The van der Waals surface area contributed by atoms with Crippen molar-refractivity contribution in [3.8, 4) is 17.6 Å². The molecule has 32 heavy (non-hydrogen) atoms. The number of hydrogen-bond donors (Lipinski definition) is 1.